The zero-order valence-corrected chi connectivity index (χ0v) is 11.3. The summed E-state index contributed by atoms with van der Waals surface area (Å²) >= 11 is 0. The average molecular weight is 236 g/mol. The van der Waals surface area contributed by atoms with E-state index in [1.165, 1.54) is 64.6 Å². The molecule has 2 unspecified atom stereocenters. The number of nitrogens with one attached hydrogen (secondary N) is 1. The number of nitrogens with zero attached hydrogens (tertiary/aromatic N) is 1. The van der Waals surface area contributed by atoms with E-state index in [0.29, 0.717) is 0 Å². The van der Waals surface area contributed by atoms with Crippen molar-refractivity contribution in [1.82, 2.24) is 10.2 Å². The summed E-state index contributed by atoms with van der Waals surface area (Å²) in [6, 6.07) is 1.74. The van der Waals surface area contributed by atoms with Crippen molar-refractivity contribution in [2.24, 2.45) is 11.8 Å². The van der Waals surface area contributed by atoms with Gasteiger partial charge in [-0.1, -0.05) is 12.8 Å². The van der Waals surface area contributed by atoms with Crippen LogP contribution in [0.3, 0.4) is 0 Å². The fourth-order valence-electron chi connectivity index (χ4n) is 3.78. The summed E-state index contributed by atoms with van der Waals surface area (Å²) in [6.07, 6.45) is 10.2. The van der Waals surface area contributed by atoms with Crippen LogP contribution in [-0.2, 0) is 0 Å². The minimum absolute atomic E-state index is 0.757. The molecule has 2 nitrogen and oxygen atoms in total. The van der Waals surface area contributed by atoms with Gasteiger partial charge in [-0.3, -0.25) is 0 Å². The van der Waals surface area contributed by atoms with Crippen LogP contribution in [0.25, 0.3) is 0 Å². The first-order chi connectivity index (χ1) is 8.33. The Bertz CT molecular complexity index is 243. The number of likely N-dealkylation sites (tertiary alicyclic amines) is 1. The first kappa shape index (κ1) is 12.0. The molecule has 98 valence electrons. The van der Waals surface area contributed by atoms with Crippen LogP contribution in [0, 0.1) is 11.8 Å². The summed E-state index contributed by atoms with van der Waals surface area (Å²) in [5.41, 5.74) is 0. The predicted octanol–water partition coefficient (Wildman–Crippen LogP) is 2.64. The maximum atomic E-state index is 3.82. The summed E-state index contributed by atoms with van der Waals surface area (Å²) in [4.78, 5) is 2.73. The molecule has 3 rings (SSSR count). The Morgan fingerprint density at radius 3 is 2.59 bits per heavy atom. The molecule has 1 saturated heterocycles. The maximum absolute atomic E-state index is 3.82. The van der Waals surface area contributed by atoms with E-state index in [9.17, 15) is 0 Å². The molecule has 0 aromatic rings. The highest BCUT2D eigenvalue weighted by molar-refractivity contribution is 4.90. The molecular formula is C15H28N2. The fourth-order valence-corrected chi connectivity index (χ4v) is 3.78. The maximum Gasteiger partial charge on any atom is 0.00965 e. The van der Waals surface area contributed by atoms with Crippen LogP contribution in [0.1, 0.15) is 51.9 Å². The van der Waals surface area contributed by atoms with Gasteiger partial charge in [0.25, 0.3) is 0 Å². The summed E-state index contributed by atoms with van der Waals surface area (Å²) in [5.74, 6) is 1.90. The molecule has 3 fully saturated rings. The largest absolute Gasteiger partial charge is 0.314 e. The molecule has 2 atom stereocenters. The quantitative estimate of drug-likeness (QED) is 0.789. The van der Waals surface area contributed by atoms with Gasteiger partial charge in [0.1, 0.15) is 0 Å². The van der Waals surface area contributed by atoms with Gasteiger partial charge in [-0.15, -0.1) is 0 Å². The van der Waals surface area contributed by atoms with Crippen LogP contribution in [0.5, 0.6) is 0 Å². The van der Waals surface area contributed by atoms with Gasteiger partial charge in [-0.05, 0) is 64.0 Å². The van der Waals surface area contributed by atoms with E-state index in [-0.39, 0.29) is 0 Å². The average Bonchev–Trinajstić information content (AvgIpc) is 2.88. The van der Waals surface area contributed by atoms with Crippen LogP contribution in [0.4, 0.5) is 0 Å². The van der Waals surface area contributed by atoms with Gasteiger partial charge >= 0.3 is 0 Å². The van der Waals surface area contributed by atoms with Gasteiger partial charge in [-0.2, -0.15) is 0 Å². The second-order valence-corrected chi connectivity index (χ2v) is 6.62. The molecule has 0 aromatic carbocycles. The van der Waals surface area contributed by atoms with Crippen molar-refractivity contribution in [2.45, 2.75) is 64.0 Å². The highest BCUT2D eigenvalue weighted by Crippen LogP contribution is 2.32. The Morgan fingerprint density at radius 2 is 1.88 bits per heavy atom. The van der Waals surface area contributed by atoms with Gasteiger partial charge < -0.3 is 10.2 Å². The first-order valence-electron chi connectivity index (χ1n) is 7.80. The fraction of sp³-hybridized carbons (Fsp3) is 1.00. The second kappa shape index (κ2) is 5.27. The zero-order valence-electron chi connectivity index (χ0n) is 11.3. The minimum atomic E-state index is 0.757. The van der Waals surface area contributed by atoms with E-state index in [4.69, 9.17) is 0 Å². The number of hydrogen-bond acceptors (Lipinski definition) is 2. The first-order valence-corrected chi connectivity index (χ1v) is 7.80. The topological polar surface area (TPSA) is 15.3 Å². The molecule has 0 radical (unpaired) electrons. The SMILES string of the molecule is CC(NCC1CCN(C2CC2)C1)C1CCCC1. The molecule has 0 spiro atoms. The molecule has 2 saturated carbocycles. The molecule has 1 heterocycles. The van der Waals surface area contributed by atoms with Gasteiger partial charge in [0, 0.05) is 18.6 Å². The Kier molecular flexibility index (Phi) is 3.72. The molecule has 0 aromatic heterocycles. The smallest absolute Gasteiger partial charge is 0.00965 e. The monoisotopic (exact) mass is 236 g/mol. The molecule has 1 aliphatic heterocycles. The van der Waals surface area contributed by atoms with E-state index in [2.05, 4.69) is 17.1 Å². The molecule has 2 aliphatic carbocycles. The van der Waals surface area contributed by atoms with Crippen molar-refractivity contribution in [3.05, 3.63) is 0 Å². The van der Waals surface area contributed by atoms with Crippen LogP contribution >= 0.6 is 0 Å². The second-order valence-electron chi connectivity index (χ2n) is 6.62. The third-order valence-electron chi connectivity index (χ3n) is 5.22. The van der Waals surface area contributed by atoms with E-state index in [1.54, 1.807) is 0 Å². The highest BCUT2D eigenvalue weighted by atomic mass is 15.2. The Labute approximate surface area is 106 Å². The normalized spacial score (nSPS) is 33.4. The lowest BCUT2D eigenvalue weighted by molar-refractivity contribution is 0.302. The third kappa shape index (κ3) is 3.03. The van der Waals surface area contributed by atoms with Crippen molar-refractivity contribution in [2.75, 3.05) is 19.6 Å². The molecule has 1 N–H and O–H groups in total. The van der Waals surface area contributed by atoms with E-state index in [0.717, 1.165) is 23.9 Å². The van der Waals surface area contributed by atoms with E-state index < -0.39 is 0 Å². The Balaban J connectivity index is 1.36. The summed E-state index contributed by atoms with van der Waals surface area (Å²) in [7, 11) is 0. The molecular weight excluding hydrogens is 208 g/mol. The minimum Gasteiger partial charge on any atom is -0.314 e. The Morgan fingerprint density at radius 1 is 1.12 bits per heavy atom. The van der Waals surface area contributed by atoms with Crippen molar-refractivity contribution in [3.63, 3.8) is 0 Å². The molecule has 0 amide bonds. The molecule has 0 bridgehead atoms. The van der Waals surface area contributed by atoms with Crippen molar-refractivity contribution < 1.29 is 0 Å². The lowest BCUT2D eigenvalue weighted by atomic mass is 9.99. The van der Waals surface area contributed by atoms with Crippen molar-refractivity contribution in [1.29, 1.82) is 0 Å². The lowest BCUT2D eigenvalue weighted by Gasteiger charge is -2.22. The van der Waals surface area contributed by atoms with Crippen LogP contribution in [0.2, 0.25) is 0 Å². The van der Waals surface area contributed by atoms with E-state index >= 15 is 0 Å². The predicted molar refractivity (Wildman–Crippen MR) is 72.1 cm³/mol. The zero-order chi connectivity index (χ0) is 11.7. The summed E-state index contributed by atoms with van der Waals surface area (Å²) in [5, 5.41) is 3.82. The molecule has 17 heavy (non-hydrogen) atoms. The number of hydrogen-bond donors (Lipinski definition) is 1. The van der Waals surface area contributed by atoms with Crippen LogP contribution < -0.4 is 5.32 Å². The van der Waals surface area contributed by atoms with Crippen molar-refractivity contribution in [3.8, 4) is 0 Å². The summed E-state index contributed by atoms with van der Waals surface area (Å²) < 4.78 is 0. The summed E-state index contributed by atoms with van der Waals surface area (Å²) in [6.45, 7) is 6.41. The Hall–Kier alpha value is -0.0800. The van der Waals surface area contributed by atoms with Crippen molar-refractivity contribution >= 4 is 0 Å². The van der Waals surface area contributed by atoms with Gasteiger partial charge in [0.05, 0.1) is 0 Å². The van der Waals surface area contributed by atoms with E-state index in [1.807, 2.05) is 0 Å². The van der Waals surface area contributed by atoms with Crippen LogP contribution in [-0.4, -0.2) is 36.6 Å². The highest BCUT2D eigenvalue weighted by Gasteiger charge is 2.34. The third-order valence-corrected chi connectivity index (χ3v) is 5.22. The van der Waals surface area contributed by atoms with Crippen LogP contribution in [0.15, 0.2) is 0 Å². The standard InChI is InChI=1S/C15H28N2/c1-12(14-4-2-3-5-14)16-10-13-8-9-17(11-13)15-6-7-15/h12-16H,2-11H2,1H3. The molecule has 3 aliphatic rings. The van der Waals surface area contributed by atoms with Gasteiger partial charge in [0.2, 0.25) is 0 Å². The molecule has 2 heteroatoms. The number of rotatable bonds is 5. The lowest BCUT2D eigenvalue weighted by Crippen LogP contribution is -2.36. The van der Waals surface area contributed by atoms with Gasteiger partial charge in [0.15, 0.2) is 0 Å². The van der Waals surface area contributed by atoms with Gasteiger partial charge in [-0.25, -0.2) is 0 Å².